The van der Waals surface area contributed by atoms with Crippen molar-refractivity contribution < 1.29 is 4.39 Å². The number of hydrogen-bond donors (Lipinski definition) is 1. The van der Waals surface area contributed by atoms with E-state index >= 15 is 0 Å². The van der Waals surface area contributed by atoms with Crippen LogP contribution in [0.1, 0.15) is 23.9 Å². The third-order valence-corrected chi connectivity index (χ3v) is 3.05. The van der Waals surface area contributed by atoms with Crippen LogP contribution >= 0.6 is 0 Å². The number of aryl methyl sites for hydroxylation is 2. The van der Waals surface area contributed by atoms with Gasteiger partial charge in [-0.1, -0.05) is 12.1 Å². The SMILES string of the molecule is Cc1ccc(C)n1NC(C)Cc1cccc(F)c1. The maximum absolute atomic E-state index is 13.1. The normalized spacial score (nSPS) is 12.4. The molecular formula is C15H19FN2. The fourth-order valence-electron chi connectivity index (χ4n) is 2.16. The van der Waals surface area contributed by atoms with E-state index in [1.54, 1.807) is 12.1 Å². The van der Waals surface area contributed by atoms with Crippen LogP contribution in [0.25, 0.3) is 0 Å². The standard InChI is InChI=1S/C15H19FN2/c1-11(9-14-5-4-6-15(16)10-14)17-18-12(2)7-8-13(18)3/h4-8,10-11,17H,9H2,1-3H3. The quantitative estimate of drug-likeness (QED) is 0.874. The van der Waals surface area contributed by atoms with E-state index in [4.69, 9.17) is 0 Å². The molecule has 1 N–H and O–H groups in total. The van der Waals surface area contributed by atoms with Gasteiger partial charge in [0.05, 0.1) is 0 Å². The topological polar surface area (TPSA) is 17.0 Å². The summed E-state index contributed by atoms with van der Waals surface area (Å²) in [6.07, 6.45) is 0.800. The van der Waals surface area contributed by atoms with Crippen LogP contribution in [0, 0.1) is 19.7 Å². The second kappa shape index (κ2) is 5.25. The largest absolute Gasteiger partial charge is 0.323 e. The molecule has 0 saturated carbocycles. The van der Waals surface area contributed by atoms with Gasteiger partial charge in [-0.3, -0.25) is 4.68 Å². The van der Waals surface area contributed by atoms with Gasteiger partial charge in [-0.15, -0.1) is 0 Å². The summed E-state index contributed by atoms with van der Waals surface area (Å²) in [4.78, 5) is 0. The Kier molecular flexibility index (Phi) is 3.70. The van der Waals surface area contributed by atoms with E-state index in [0.717, 1.165) is 12.0 Å². The summed E-state index contributed by atoms with van der Waals surface area (Å²) < 4.78 is 15.2. The molecule has 1 aromatic heterocycles. The Balaban J connectivity index is 2.03. The molecule has 1 aromatic carbocycles. The van der Waals surface area contributed by atoms with Crippen molar-refractivity contribution in [3.05, 3.63) is 59.2 Å². The molecule has 2 rings (SSSR count). The van der Waals surface area contributed by atoms with Gasteiger partial charge in [0, 0.05) is 17.4 Å². The maximum Gasteiger partial charge on any atom is 0.123 e. The minimum absolute atomic E-state index is 0.173. The molecule has 0 aliphatic rings. The highest BCUT2D eigenvalue weighted by Crippen LogP contribution is 2.09. The summed E-state index contributed by atoms with van der Waals surface area (Å²) in [7, 11) is 0. The lowest BCUT2D eigenvalue weighted by molar-refractivity contribution is 0.619. The monoisotopic (exact) mass is 246 g/mol. The van der Waals surface area contributed by atoms with Gasteiger partial charge in [0.15, 0.2) is 0 Å². The minimum atomic E-state index is -0.173. The van der Waals surface area contributed by atoms with E-state index < -0.39 is 0 Å². The van der Waals surface area contributed by atoms with Crippen LogP contribution < -0.4 is 5.43 Å². The Morgan fingerprint density at radius 1 is 1.17 bits per heavy atom. The Morgan fingerprint density at radius 3 is 2.44 bits per heavy atom. The molecule has 1 heterocycles. The van der Waals surface area contributed by atoms with Crippen LogP contribution in [-0.2, 0) is 6.42 Å². The van der Waals surface area contributed by atoms with Gasteiger partial charge >= 0.3 is 0 Å². The first-order chi connectivity index (χ1) is 8.56. The van der Waals surface area contributed by atoms with E-state index in [1.807, 2.05) is 6.07 Å². The van der Waals surface area contributed by atoms with Crippen LogP contribution in [-0.4, -0.2) is 10.7 Å². The first-order valence-electron chi connectivity index (χ1n) is 6.22. The molecule has 0 bridgehead atoms. The van der Waals surface area contributed by atoms with Gasteiger partial charge in [0.25, 0.3) is 0 Å². The summed E-state index contributed by atoms with van der Waals surface area (Å²) in [6, 6.07) is 11.2. The summed E-state index contributed by atoms with van der Waals surface area (Å²) in [5.74, 6) is -0.173. The average Bonchev–Trinajstić information content (AvgIpc) is 2.61. The number of halogens is 1. The second-order valence-corrected chi connectivity index (χ2v) is 4.82. The molecule has 0 radical (unpaired) electrons. The number of aromatic nitrogens is 1. The summed E-state index contributed by atoms with van der Waals surface area (Å²) in [5, 5.41) is 0. The third kappa shape index (κ3) is 2.92. The maximum atomic E-state index is 13.1. The predicted molar refractivity (Wildman–Crippen MR) is 72.8 cm³/mol. The zero-order valence-corrected chi connectivity index (χ0v) is 11.1. The summed E-state index contributed by atoms with van der Waals surface area (Å²) in [6.45, 7) is 6.23. The smallest absolute Gasteiger partial charge is 0.123 e. The van der Waals surface area contributed by atoms with Gasteiger partial charge < -0.3 is 5.43 Å². The van der Waals surface area contributed by atoms with Crippen molar-refractivity contribution in [2.75, 3.05) is 5.43 Å². The first-order valence-corrected chi connectivity index (χ1v) is 6.22. The van der Waals surface area contributed by atoms with Crippen molar-refractivity contribution in [1.82, 2.24) is 4.68 Å². The van der Waals surface area contributed by atoms with Crippen LogP contribution in [0.3, 0.4) is 0 Å². The summed E-state index contributed by atoms with van der Waals surface area (Å²) >= 11 is 0. The number of hydrogen-bond acceptors (Lipinski definition) is 1. The van der Waals surface area contributed by atoms with Crippen molar-refractivity contribution in [3.8, 4) is 0 Å². The number of benzene rings is 1. The molecule has 1 atom stereocenters. The lowest BCUT2D eigenvalue weighted by atomic mass is 10.1. The molecule has 3 heteroatoms. The molecule has 0 spiro atoms. The number of nitrogens with one attached hydrogen (secondary N) is 1. The molecular weight excluding hydrogens is 227 g/mol. The van der Waals surface area contributed by atoms with Crippen molar-refractivity contribution in [2.45, 2.75) is 33.2 Å². The van der Waals surface area contributed by atoms with Crippen LogP contribution in [0.4, 0.5) is 4.39 Å². The molecule has 0 amide bonds. The molecule has 2 nitrogen and oxygen atoms in total. The van der Waals surface area contributed by atoms with Crippen molar-refractivity contribution in [2.24, 2.45) is 0 Å². The average molecular weight is 246 g/mol. The van der Waals surface area contributed by atoms with E-state index in [1.165, 1.54) is 17.5 Å². The fourth-order valence-corrected chi connectivity index (χ4v) is 2.16. The Morgan fingerprint density at radius 2 is 1.83 bits per heavy atom. The van der Waals surface area contributed by atoms with Crippen molar-refractivity contribution in [3.63, 3.8) is 0 Å². The molecule has 0 saturated heterocycles. The molecule has 96 valence electrons. The zero-order chi connectivity index (χ0) is 13.1. The van der Waals surface area contributed by atoms with Crippen LogP contribution in [0.15, 0.2) is 36.4 Å². The highest BCUT2D eigenvalue weighted by atomic mass is 19.1. The molecule has 0 fully saturated rings. The highest BCUT2D eigenvalue weighted by molar-refractivity contribution is 5.19. The van der Waals surface area contributed by atoms with Gasteiger partial charge in [-0.2, -0.15) is 0 Å². The Labute approximate surface area is 107 Å². The van der Waals surface area contributed by atoms with Crippen LogP contribution in [0.2, 0.25) is 0 Å². The molecule has 2 aromatic rings. The highest BCUT2D eigenvalue weighted by Gasteiger charge is 2.07. The first kappa shape index (κ1) is 12.7. The van der Waals surface area contributed by atoms with E-state index in [-0.39, 0.29) is 11.9 Å². The lowest BCUT2D eigenvalue weighted by Crippen LogP contribution is -2.28. The van der Waals surface area contributed by atoms with Gasteiger partial charge in [-0.05, 0) is 57.0 Å². The fraction of sp³-hybridized carbons (Fsp3) is 0.333. The third-order valence-electron chi connectivity index (χ3n) is 3.05. The predicted octanol–water partition coefficient (Wildman–Crippen LogP) is 3.42. The van der Waals surface area contributed by atoms with Crippen LogP contribution in [0.5, 0.6) is 0 Å². The second-order valence-electron chi connectivity index (χ2n) is 4.82. The molecule has 0 aliphatic carbocycles. The molecule has 18 heavy (non-hydrogen) atoms. The van der Waals surface area contributed by atoms with E-state index in [0.29, 0.717) is 0 Å². The van der Waals surface area contributed by atoms with E-state index in [2.05, 4.69) is 43.0 Å². The Hall–Kier alpha value is -1.77. The minimum Gasteiger partial charge on any atom is -0.323 e. The number of nitrogens with zero attached hydrogens (tertiary/aromatic N) is 1. The summed E-state index contributed by atoms with van der Waals surface area (Å²) in [5.41, 5.74) is 6.79. The van der Waals surface area contributed by atoms with Crippen molar-refractivity contribution in [1.29, 1.82) is 0 Å². The molecule has 1 unspecified atom stereocenters. The van der Waals surface area contributed by atoms with Crippen molar-refractivity contribution >= 4 is 0 Å². The van der Waals surface area contributed by atoms with Gasteiger partial charge in [-0.25, -0.2) is 4.39 Å². The van der Waals surface area contributed by atoms with Gasteiger partial charge in [0.1, 0.15) is 5.82 Å². The van der Waals surface area contributed by atoms with Gasteiger partial charge in [0.2, 0.25) is 0 Å². The number of rotatable bonds is 4. The zero-order valence-electron chi connectivity index (χ0n) is 11.1. The lowest BCUT2D eigenvalue weighted by Gasteiger charge is -2.19. The molecule has 0 aliphatic heterocycles. The Bertz CT molecular complexity index is 512. The van der Waals surface area contributed by atoms with E-state index in [9.17, 15) is 4.39 Å².